The van der Waals surface area contributed by atoms with E-state index in [1.165, 1.54) is 0 Å². The monoisotopic (exact) mass is 390 g/mol. The molecule has 0 aliphatic carbocycles. The van der Waals surface area contributed by atoms with Crippen molar-refractivity contribution in [3.63, 3.8) is 0 Å². The largest absolute Gasteiger partial charge is 0.489 e. The molecule has 0 saturated heterocycles. The molecule has 0 fully saturated rings. The SMILES string of the molecule is O=C(N[C@H](CCc1ccccc1)C(=O)O)c1cccc(OCc2cccnc2)c1. The summed E-state index contributed by atoms with van der Waals surface area (Å²) in [5, 5.41) is 12.1. The fraction of sp³-hybridized carbons (Fsp3) is 0.174. The lowest BCUT2D eigenvalue weighted by molar-refractivity contribution is -0.139. The second-order valence-corrected chi connectivity index (χ2v) is 6.57. The van der Waals surface area contributed by atoms with E-state index in [0.717, 1.165) is 11.1 Å². The lowest BCUT2D eigenvalue weighted by Gasteiger charge is -2.15. The number of ether oxygens (including phenoxy) is 1. The van der Waals surface area contributed by atoms with E-state index in [4.69, 9.17) is 4.74 Å². The first kappa shape index (κ1) is 20.1. The van der Waals surface area contributed by atoms with E-state index in [-0.39, 0.29) is 0 Å². The minimum absolute atomic E-state index is 0.308. The molecule has 2 N–H and O–H groups in total. The van der Waals surface area contributed by atoms with Gasteiger partial charge >= 0.3 is 5.97 Å². The number of carbonyl (C=O) groups is 2. The summed E-state index contributed by atoms with van der Waals surface area (Å²) < 4.78 is 5.70. The van der Waals surface area contributed by atoms with E-state index < -0.39 is 17.9 Å². The highest BCUT2D eigenvalue weighted by atomic mass is 16.5. The van der Waals surface area contributed by atoms with Crippen molar-refractivity contribution < 1.29 is 19.4 Å². The van der Waals surface area contributed by atoms with Gasteiger partial charge in [-0.15, -0.1) is 0 Å². The molecule has 1 amide bonds. The van der Waals surface area contributed by atoms with Crippen molar-refractivity contribution in [3.8, 4) is 5.75 Å². The number of amides is 1. The van der Waals surface area contributed by atoms with Gasteiger partial charge in [0.2, 0.25) is 0 Å². The number of aliphatic carboxylic acids is 1. The van der Waals surface area contributed by atoms with Crippen LogP contribution in [-0.2, 0) is 17.8 Å². The molecule has 0 spiro atoms. The van der Waals surface area contributed by atoms with Crippen molar-refractivity contribution in [1.82, 2.24) is 10.3 Å². The summed E-state index contributed by atoms with van der Waals surface area (Å²) in [7, 11) is 0. The molecule has 3 aromatic rings. The van der Waals surface area contributed by atoms with Crippen molar-refractivity contribution in [2.45, 2.75) is 25.5 Å². The molecule has 0 aliphatic rings. The number of benzene rings is 2. The summed E-state index contributed by atoms with van der Waals surface area (Å²) >= 11 is 0. The zero-order chi connectivity index (χ0) is 20.5. The molecule has 0 radical (unpaired) electrons. The molecule has 0 bridgehead atoms. The molecule has 148 valence electrons. The van der Waals surface area contributed by atoms with Crippen molar-refractivity contribution in [2.75, 3.05) is 0 Å². The summed E-state index contributed by atoms with van der Waals surface area (Å²) in [4.78, 5) is 28.2. The number of pyridine rings is 1. The number of hydrogen-bond acceptors (Lipinski definition) is 4. The lowest BCUT2D eigenvalue weighted by atomic mass is 10.0. The summed E-state index contributed by atoms with van der Waals surface area (Å²) in [5.74, 6) is -0.979. The Morgan fingerprint density at radius 1 is 1.00 bits per heavy atom. The first-order valence-corrected chi connectivity index (χ1v) is 9.31. The van der Waals surface area contributed by atoms with Gasteiger partial charge in [-0.05, 0) is 42.7 Å². The van der Waals surface area contributed by atoms with E-state index in [9.17, 15) is 14.7 Å². The molecule has 1 atom stereocenters. The summed E-state index contributed by atoms with van der Waals surface area (Å²) in [6.45, 7) is 0.327. The van der Waals surface area contributed by atoms with Crippen LogP contribution in [0.1, 0.15) is 27.9 Å². The Bertz CT molecular complexity index is 945. The fourth-order valence-electron chi connectivity index (χ4n) is 2.83. The van der Waals surface area contributed by atoms with Crippen molar-refractivity contribution in [3.05, 3.63) is 95.8 Å². The molecule has 0 saturated carbocycles. The maximum atomic E-state index is 12.6. The van der Waals surface area contributed by atoms with Crippen LogP contribution in [0.25, 0.3) is 0 Å². The molecule has 1 heterocycles. The average Bonchev–Trinajstić information content (AvgIpc) is 2.76. The summed E-state index contributed by atoms with van der Waals surface area (Å²) in [5.41, 5.74) is 2.28. The van der Waals surface area contributed by atoms with Crippen LogP contribution in [0.5, 0.6) is 5.75 Å². The van der Waals surface area contributed by atoms with E-state index in [2.05, 4.69) is 10.3 Å². The van der Waals surface area contributed by atoms with Gasteiger partial charge in [0.25, 0.3) is 5.91 Å². The zero-order valence-electron chi connectivity index (χ0n) is 15.8. The maximum Gasteiger partial charge on any atom is 0.326 e. The molecule has 6 heteroatoms. The number of carboxylic acid groups (broad SMARTS) is 1. The first-order valence-electron chi connectivity index (χ1n) is 9.31. The van der Waals surface area contributed by atoms with Crippen molar-refractivity contribution >= 4 is 11.9 Å². The van der Waals surface area contributed by atoms with Crippen LogP contribution < -0.4 is 10.1 Å². The average molecular weight is 390 g/mol. The number of hydrogen-bond donors (Lipinski definition) is 2. The fourth-order valence-corrected chi connectivity index (χ4v) is 2.83. The first-order chi connectivity index (χ1) is 14.1. The van der Waals surface area contributed by atoms with Crippen molar-refractivity contribution in [2.24, 2.45) is 0 Å². The number of rotatable bonds is 9. The Balaban J connectivity index is 1.60. The number of carboxylic acids is 1. The van der Waals surface area contributed by atoms with Crippen LogP contribution in [0.4, 0.5) is 0 Å². The second-order valence-electron chi connectivity index (χ2n) is 6.57. The molecular weight excluding hydrogens is 368 g/mol. The molecule has 1 aromatic heterocycles. The van der Waals surface area contributed by atoms with E-state index >= 15 is 0 Å². The van der Waals surface area contributed by atoms with E-state index in [1.54, 1.807) is 36.7 Å². The van der Waals surface area contributed by atoms with Gasteiger partial charge in [0, 0.05) is 23.5 Å². The van der Waals surface area contributed by atoms with Crippen LogP contribution >= 0.6 is 0 Å². The van der Waals surface area contributed by atoms with Gasteiger partial charge in [0.15, 0.2) is 0 Å². The third kappa shape index (κ3) is 6.17. The third-order valence-electron chi connectivity index (χ3n) is 4.39. The van der Waals surface area contributed by atoms with Crippen LogP contribution in [-0.4, -0.2) is 28.0 Å². The van der Waals surface area contributed by atoms with Crippen LogP contribution in [0.15, 0.2) is 79.1 Å². The standard InChI is InChI=1S/C23H22N2O4/c26-22(25-21(23(27)28)12-11-17-6-2-1-3-7-17)19-9-4-10-20(14-19)29-16-18-8-5-13-24-15-18/h1-10,13-15,21H,11-12,16H2,(H,25,26)(H,27,28)/t21-/m1/s1. The predicted octanol–water partition coefficient (Wildman–Crippen LogP) is 3.48. The highest BCUT2D eigenvalue weighted by Crippen LogP contribution is 2.16. The maximum absolute atomic E-state index is 12.6. The van der Waals surface area contributed by atoms with Gasteiger partial charge in [-0.25, -0.2) is 4.79 Å². The van der Waals surface area contributed by atoms with E-state index in [1.807, 2.05) is 42.5 Å². The molecule has 2 aromatic carbocycles. The highest BCUT2D eigenvalue weighted by molar-refractivity contribution is 5.96. The number of carbonyl (C=O) groups excluding carboxylic acids is 1. The molecule has 6 nitrogen and oxygen atoms in total. The second kappa shape index (κ2) is 10.0. The topological polar surface area (TPSA) is 88.5 Å². The minimum atomic E-state index is -1.06. The Morgan fingerprint density at radius 2 is 1.79 bits per heavy atom. The van der Waals surface area contributed by atoms with Gasteiger partial charge in [-0.3, -0.25) is 9.78 Å². The number of aromatic nitrogens is 1. The lowest BCUT2D eigenvalue weighted by Crippen LogP contribution is -2.41. The van der Waals surface area contributed by atoms with Crippen LogP contribution in [0.2, 0.25) is 0 Å². The predicted molar refractivity (Wildman–Crippen MR) is 109 cm³/mol. The van der Waals surface area contributed by atoms with Gasteiger partial charge in [0.1, 0.15) is 18.4 Å². The Hall–Kier alpha value is -3.67. The minimum Gasteiger partial charge on any atom is -0.489 e. The van der Waals surface area contributed by atoms with Crippen LogP contribution in [0, 0.1) is 0 Å². The Labute approximate surface area is 169 Å². The molecule has 0 aliphatic heterocycles. The highest BCUT2D eigenvalue weighted by Gasteiger charge is 2.20. The number of nitrogens with one attached hydrogen (secondary N) is 1. The third-order valence-corrected chi connectivity index (χ3v) is 4.39. The Morgan fingerprint density at radius 3 is 2.52 bits per heavy atom. The molecular formula is C23H22N2O4. The Kier molecular flexibility index (Phi) is 6.95. The van der Waals surface area contributed by atoms with Gasteiger partial charge in [-0.2, -0.15) is 0 Å². The number of aryl methyl sites for hydroxylation is 1. The summed E-state index contributed by atoms with van der Waals surface area (Å²) in [6.07, 6.45) is 4.26. The quantitative estimate of drug-likeness (QED) is 0.584. The van der Waals surface area contributed by atoms with Crippen LogP contribution in [0.3, 0.4) is 0 Å². The molecule has 3 rings (SSSR count). The number of nitrogens with zero attached hydrogens (tertiary/aromatic N) is 1. The van der Waals surface area contributed by atoms with Gasteiger partial charge < -0.3 is 15.2 Å². The van der Waals surface area contributed by atoms with Crippen molar-refractivity contribution in [1.29, 1.82) is 0 Å². The molecule has 0 unspecified atom stereocenters. The molecule has 29 heavy (non-hydrogen) atoms. The van der Waals surface area contributed by atoms with E-state index in [0.29, 0.717) is 30.8 Å². The smallest absolute Gasteiger partial charge is 0.326 e. The normalized spacial score (nSPS) is 11.4. The summed E-state index contributed by atoms with van der Waals surface area (Å²) in [6, 6.07) is 19.0. The van der Waals surface area contributed by atoms with Gasteiger partial charge in [0.05, 0.1) is 0 Å². The van der Waals surface area contributed by atoms with Gasteiger partial charge in [-0.1, -0.05) is 42.5 Å². The zero-order valence-corrected chi connectivity index (χ0v) is 15.8.